The van der Waals surface area contributed by atoms with Gasteiger partial charge in [-0.1, -0.05) is 25.3 Å². The van der Waals surface area contributed by atoms with Crippen molar-refractivity contribution < 1.29 is 17.6 Å². The van der Waals surface area contributed by atoms with Gasteiger partial charge in [0.1, 0.15) is 5.82 Å². The van der Waals surface area contributed by atoms with E-state index in [9.17, 15) is 17.6 Å². The maximum Gasteiger partial charge on any atom is 0.419 e. The number of halogens is 4. The van der Waals surface area contributed by atoms with Gasteiger partial charge in [-0.05, 0) is 56.0 Å². The lowest BCUT2D eigenvalue weighted by atomic mass is 9.82. The third-order valence-corrected chi connectivity index (χ3v) is 4.35. The van der Waals surface area contributed by atoms with Crippen LogP contribution in [-0.2, 0) is 6.18 Å². The van der Waals surface area contributed by atoms with Crippen LogP contribution in [0.15, 0.2) is 18.2 Å². The van der Waals surface area contributed by atoms with E-state index in [1.165, 1.54) is 6.07 Å². The second kappa shape index (κ2) is 6.77. The van der Waals surface area contributed by atoms with E-state index in [1.54, 1.807) is 0 Å². The van der Waals surface area contributed by atoms with Gasteiger partial charge >= 0.3 is 6.18 Å². The zero-order valence-corrected chi connectivity index (χ0v) is 12.1. The van der Waals surface area contributed by atoms with Crippen LogP contribution < -0.4 is 5.32 Å². The minimum Gasteiger partial charge on any atom is -0.319 e. The van der Waals surface area contributed by atoms with Crippen molar-refractivity contribution in [1.82, 2.24) is 5.32 Å². The summed E-state index contributed by atoms with van der Waals surface area (Å²) in [6.45, 7) is 0.781. The quantitative estimate of drug-likeness (QED) is 0.629. The standard InChI is InChI=1S/C16H21F4N/c1-21-10-12-5-3-2-4-6-13(12)11-7-8-15(17)14(9-11)16(18,19)20/h7-9,12-13,21H,2-6,10H2,1H3. The van der Waals surface area contributed by atoms with Gasteiger partial charge in [-0.15, -0.1) is 0 Å². The Balaban J connectivity index is 2.33. The molecule has 5 heteroatoms. The van der Waals surface area contributed by atoms with E-state index in [2.05, 4.69) is 5.32 Å². The topological polar surface area (TPSA) is 12.0 Å². The smallest absolute Gasteiger partial charge is 0.319 e. The van der Waals surface area contributed by atoms with Gasteiger partial charge in [0.05, 0.1) is 5.56 Å². The summed E-state index contributed by atoms with van der Waals surface area (Å²) >= 11 is 0. The first-order valence-electron chi connectivity index (χ1n) is 7.44. The largest absolute Gasteiger partial charge is 0.419 e. The zero-order valence-electron chi connectivity index (χ0n) is 12.1. The van der Waals surface area contributed by atoms with Gasteiger partial charge in [0.15, 0.2) is 0 Å². The third kappa shape index (κ3) is 3.96. The predicted octanol–water partition coefficient (Wildman–Crippen LogP) is 4.73. The molecule has 1 aliphatic rings. The summed E-state index contributed by atoms with van der Waals surface area (Å²) in [7, 11) is 1.85. The zero-order chi connectivity index (χ0) is 15.5. The van der Waals surface area contributed by atoms with Crippen molar-refractivity contribution in [2.24, 2.45) is 5.92 Å². The Morgan fingerprint density at radius 2 is 1.86 bits per heavy atom. The Bertz CT molecular complexity index is 470. The molecule has 2 atom stereocenters. The minimum absolute atomic E-state index is 0.0710. The molecule has 0 aromatic heterocycles. The summed E-state index contributed by atoms with van der Waals surface area (Å²) < 4.78 is 52.0. The van der Waals surface area contributed by atoms with Crippen LogP contribution in [0.1, 0.15) is 49.1 Å². The third-order valence-electron chi connectivity index (χ3n) is 4.35. The number of rotatable bonds is 3. The highest BCUT2D eigenvalue weighted by molar-refractivity contribution is 5.30. The van der Waals surface area contributed by atoms with E-state index in [0.29, 0.717) is 11.5 Å². The highest BCUT2D eigenvalue weighted by atomic mass is 19.4. The average molecular weight is 303 g/mol. The predicted molar refractivity (Wildman–Crippen MR) is 74.6 cm³/mol. The van der Waals surface area contributed by atoms with Crippen LogP contribution in [0.25, 0.3) is 0 Å². The summed E-state index contributed by atoms with van der Waals surface area (Å²) in [6, 6.07) is 3.48. The van der Waals surface area contributed by atoms with Crippen LogP contribution in [0.3, 0.4) is 0 Å². The molecule has 1 aromatic carbocycles. The van der Waals surface area contributed by atoms with Crippen LogP contribution in [0.2, 0.25) is 0 Å². The van der Waals surface area contributed by atoms with E-state index in [4.69, 9.17) is 0 Å². The van der Waals surface area contributed by atoms with Crippen LogP contribution in [-0.4, -0.2) is 13.6 Å². The average Bonchev–Trinajstić information content (AvgIpc) is 2.64. The highest BCUT2D eigenvalue weighted by Gasteiger charge is 2.35. The van der Waals surface area contributed by atoms with Crippen molar-refractivity contribution in [3.8, 4) is 0 Å². The van der Waals surface area contributed by atoms with Crippen molar-refractivity contribution >= 4 is 0 Å². The summed E-state index contributed by atoms with van der Waals surface area (Å²) in [5.74, 6) is -0.810. The van der Waals surface area contributed by atoms with Crippen molar-refractivity contribution in [1.29, 1.82) is 0 Å². The Labute approximate surface area is 122 Å². The molecule has 118 valence electrons. The van der Waals surface area contributed by atoms with Crippen molar-refractivity contribution in [3.63, 3.8) is 0 Å². The van der Waals surface area contributed by atoms with Gasteiger partial charge in [-0.3, -0.25) is 0 Å². The molecule has 1 N–H and O–H groups in total. The van der Waals surface area contributed by atoms with E-state index < -0.39 is 17.6 Å². The maximum absolute atomic E-state index is 13.4. The molecule has 1 fully saturated rings. The SMILES string of the molecule is CNCC1CCCCCC1c1ccc(F)c(C(F)(F)F)c1. The van der Waals surface area contributed by atoms with Gasteiger partial charge in [-0.2, -0.15) is 13.2 Å². The Morgan fingerprint density at radius 1 is 1.14 bits per heavy atom. The number of alkyl halides is 3. The molecule has 2 rings (SSSR count). The van der Waals surface area contributed by atoms with Crippen LogP contribution in [0.5, 0.6) is 0 Å². The van der Waals surface area contributed by atoms with Crippen LogP contribution >= 0.6 is 0 Å². The lowest BCUT2D eigenvalue weighted by Crippen LogP contribution is -2.24. The normalized spacial score (nSPS) is 23.9. The van der Waals surface area contributed by atoms with Gasteiger partial charge < -0.3 is 5.32 Å². The first-order chi connectivity index (χ1) is 9.93. The van der Waals surface area contributed by atoms with Gasteiger partial charge in [0, 0.05) is 0 Å². The van der Waals surface area contributed by atoms with Crippen molar-refractivity contribution in [2.45, 2.75) is 44.2 Å². The van der Waals surface area contributed by atoms with Gasteiger partial charge in [0.25, 0.3) is 0 Å². The molecular formula is C16H21F4N. The molecule has 0 amide bonds. The fourth-order valence-corrected chi connectivity index (χ4v) is 3.32. The molecule has 1 aliphatic carbocycles. The molecule has 0 bridgehead atoms. The van der Waals surface area contributed by atoms with Crippen molar-refractivity contribution in [3.05, 3.63) is 35.1 Å². The molecule has 1 aromatic rings. The molecule has 21 heavy (non-hydrogen) atoms. The lowest BCUT2D eigenvalue weighted by Gasteiger charge is -2.26. The van der Waals surface area contributed by atoms with Crippen LogP contribution in [0, 0.1) is 11.7 Å². The molecule has 1 nitrogen and oxygen atoms in total. The number of hydrogen-bond acceptors (Lipinski definition) is 1. The summed E-state index contributed by atoms with van der Waals surface area (Å²) in [5.41, 5.74) is -0.529. The Morgan fingerprint density at radius 3 is 2.52 bits per heavy atom. The molecule has 0 spiro atoms. The van der Waals surface area contributed by atoms with E-state index >= 15 is 0 Å². The van der Waals surface area contributed by atoms with Crippen LogP contribution in [0.4, 0.5) is 17.6 Å². The van der Waals surface area contributed by atoms with Crippen molar-refractivity contribution in [2.75, 3.05) is 13.6 Å². The minimum atomic E-state index is -4.64. The fraction of sp³-hybridized carbons (Fsp3) is 0.625. The Hall–Kier alpha value is -1.10. The maximum atomic E-state index is 13.4. The summed E-state index contributed by atoms with van der Waals surface area (Å²) in [4.78, 5) is 0. The highest BCUT2D eigenvalue weighted by Crippen LogP contribution is 2.39. The molecule has 2 unspecified atom stereocenters. The number of nitrogens with one attached hydrogen (secondary N) is 1. The molecular weight excluding hydrogens is 282 g/mol. The second-order valence-electron chi connectivity index (χ2n) is 5.80. The number of hydrogen-bond donors (Lipinski definition) is 1. The van der Waals surface area contributed by atoms with E-state index in [1.807, 2.05) is 7.05 Å². The van der Waals surface area contributed by atoms with Gasteiger partial charge in [-0.25, -0.2) is 4.39 Å². The summed E-state index contributed by atoms with van der Waals surface area (Å²) in [5, 5.41) is 3.12. The first kappa shape index (κ1) is 16.3. The molecule has 0 saturated heterocycles. The molecule has 0 aliphatic heterocycles. The molecule has 0 heterocycles. The molecule has 1 saturated carbocycles. The van der Waals surface area contributed by atoms with E-state index in [-0.39, 0.29) is 5.92 Å². The Kier molecular flexibility index (Phi) is 5.25. The van der Waals surface area contributed by atoms with Gasteiger partial charge in [0.2, 0.25) is 0 Å². The number of benzene rings is 1. The summed E-state index contributed by atoms with van der Waals surface area (Å²) in [6.07, 6.45) is 0.479. The lowest BCUT2D eigenvalue weighted by molar-refractivity contribution is -0.140. The molecule has 0 radical (unpaired) electrons. The van der Waals surface area contributed by atoms with E-state index in [0.717, 1.165) is 50.8 Å². The fourth-order valence-electron chi connectivity index (χ4n) is 3.32. The first-order valence-corrected chi connectivity index (χ1v) is 7.44. The monoisotopic (exact) mass is 303 g/mol. The second-order valence-corrected chi connectivity index (χ2v) is 5.80.